The third-order valence-electron chi connectivity index (χ3n) is 2.89. The highest BCUT2D eigenvalue weighted by atomic mass is 19.3. The standard InChI is InChI=1S/C9H14F2N2O/c10-9(11)2-4-13(6-9)8(14)7-1-3-12-5-7/h7,12H,1-6H2. The molecule has 5 heteroatoms. The molecule has 0 aliphatic carbocycles. The summed E-state index contributed by atoms with van der Waals surface area (Å²) in [7, 11) is 0. The Labute approximate surface area is 81.4 Å². The molecule has 1 unspecified atom stereocenters. The van der Waals surface area contributed by atoms with Crippen molar-refractivity contribution >= 4 is 5.91 Å². The van der Waals surface area contributed by atoms with E-state index < -0.39 is 5.92 Å². The second-order valence-corrected chi connectivity index (χ2v) is 4.06. The third-order valence-corrected chi connectivity index (χ3v) is 2.89. The number of carbonyl (C=O) groups excluding carboxylic acids is 1. The molecule has 2 rings (SSSR count). The van der Waals surface area contributed by atoms with Gasteiger partial charge in [-0.05, 0) is 13.0 Å². The molecule has 0 saturated carbocycles. The average Bonchev–Trinajstić information content (AvgIpc) is 2.72. The quantitative estimate of drug-likeness (QED) is 0.673. The van der Waals surface area contributed by atoms with E-state index in [1.54, 1.807) is 0 Å². The lowest BCUT2D eigenvalue weighted by Crippen LogP contribution is -2.36. The van der Waals surface area contributed by atoms with Gasteiger partial charge in [-0.25, -0.2) is 8.78 Å². The first-order valence-corrected chi connectivity index (χ1v) is 4.96. The Balaban J connectivity index is 1.92. The number of likely N-dealkylation sites (tertiary alicyclic amines) is 1. The van der Waals surface area contributed by atoms with E-state index in [4.69, 9.17) is 0 Å². The Kier molecular flexibility index (Phi) is 2.43. The third kappa shape index (κ3) is 1.87. The number of carbonyl (C=O) groups is 1. The minimum atomic E-state index is -2.66. The van der Waals surface area contributed by atoms with Gasteiger partial charge in [-0.2, -0.15) is 0 Å². The summed E-state index contributed by atoms with van der Waals surface area (Å²) in [5, 5.41) is 3.06. The molecule has 14 heavy (non-hydrogen) atoms. The van der Waals surface area contributed by atoms with Crippen molar-refractivity contribution in [2.24, 2.45) is 5.92 Å². The smallest absolute Gasteiger partial charge is 0.267 e. The molecule has 0 radical (unpaired) electrons. The summed E-state index contributed by atoms with van der Waals surface area (Å²) in [4.78, 5) is 13.0. The molecule has 0 bridgehead atoms. The highest BCUT2D eigenvalue weighted by Gasteiger charge is 2.42. The summed E-state index contributed by atoms with van der Waals surface area (Å²) in [6.45, 7) is 1.28. The molecule has 2 aliphatic heterocycles. The minimum Gasteiger partial charge on any atom is -0.336 e. The zero-order chi connectivity index (χ0) is 10.2. The molecule has 2 fully saturated rings. The molecule has 1 amide bonds. The molecule has 2 saturated heterocycles. The Hall–Kier alpha value is -0.710. The predicted octanol–water partition coefficient (Wildman–Crippen LogP) is 0.464. The van der Waals surface area contributed by atoms with Gasteiger partial charge >= 0.3 is 0 Å². The lowest BCUT2D eigenvalue weighted by Gasteiger charge is -2.19. The molecule has 0 aromatic carbocycles. The van der Waals surface area contributed by atoms with Gasteiger partial charge in [-0.15, -0.1) is 0 Å². The first-order chi connectivity index (χ1) is 6.58. The number of hydrogen-bond donors (Lipinski definition) is 1. The van der Waals surface area contributed by atoms with Crippen LogP contribution in [-0.2, 0) is 4.79 Å². The van der Waals surface area contributed by atoms with E-state index in [0.29, 0.717) is 6.54 Å². The fourth-order valence-electron chi connectivity index (χ4n) is 2.05. The maximum Gasteiger partial charge on any atom is 0.267 e. The molecular weight excluding hydrogens is 190 g/mol. The highest BCUT2D eigenvalue weighted by Crippen LogP contribution is 2.28. The van der Waals surface area contributed by atoms with Crippen molar-refractivity contribution < 1.29 is 13.6 Å². The van der Waals surface area contributed by atoms with Crippen LogP contribution in [0.5, 0.6) is 0 Å². The molecule has 1 N–H and O–H groups in total. The predicted molar refractivity (Wildman–Crippen MR) is 47.1 cm³/mol. The fourth-order valence-corrected chi connectivity index (χ4v) is 2.05. The molecular formula is C9H14F2N2O. The van der Waals surface area contributed by atoms with Crippen LogP contribution in [0.1, 0.15) is 12.8 Å². The van der Waals surface area contributed by atoms with Crippen molar-refractivity contribution in [1.82, 2.24) is 10.2 Å². The van der Waals surface area contributed by atoms with Crippen LogP contribution in [0.25, 0.3) is 0 Å². The summed E-state index contributed by atoms with van der Waals surface area (Å²) < 4.78 is 25.7. The molecule has 1 atom stereocenters. The molecule has 0 aromatic rings. The van der Waals surface area contributed by atoms with Gasteiger partial charge < -0.3 is 10.2 Å². The van der Waals surface area contributed by atoms with Crippen molar-refractivity contribution in [3.63, 3.8) is 0 Å². The van der Waals surface area contributed by atoms with E-state index in [1.165, 1.54) is 4.90 Å². The molecule has 0 spiro atoms. The number of nitrogens with zero attached hydrogens (tertiary/aromatic N) is 1. The number of rotatable bonds is 1. The summed E-state index contributed by atoms with van der Waals surface area (Å²) >= 11 is 0. The first kappa shape index (κ1) is 9.83. The number of halogens is 2. The van der Waals surface area contributed by atoms with Gasteiger partial charge in [0.2, 0.25) is 5.91 Å². The van der Waals surface area contributed by atoms with E-state index in [-0.39, 0.29) is 31.3 Å². The molecule has 0 aromatic heterocycles. The fraction of sp³-hybridized carbons (Fsp3) is 0.889. The van der Waals surface area contributed by atoms with Crippen LogP contribution in [0.3, 0.4) is 0 Å². The van der Waals surface area contributed by atoms with Gasteiger partial charge in [0.1, 0.15) is 0 Å². The van der Waals surface area contributed by atoms with Gasteiger partial charge in [-0.1, -0.05) is 0 Å². The van der Waals surface area contributed by atoms with E-state index >= 15 is 0 Å². The zero-order valence-corrected chi connectivity index (χ0v) is 7.93. The van der Waals surface area contributed by atoms with E-state index in [2.05, 4.69) is 5.32 Å². The van der Waals surface area contributed by atoms with Crippen LogP contribution in [0.4, 0.5) is 8.78 Å². The Morgan fingerprint density at radius 2 is 2.29 bits per heavy atom. The van der Waals surface area contributed by atoms with E-state index in [9.17, 15) is 13.6 Å². The zero-order valence-electron chi connectivity index (χ0n) is 7.93. The Bertz CT molecular complexity index is 239. The summed E-state index contributed by atoms with van der Waals surface area (Å²) in [6, 6.07) is 0. The SMILES string of the molecule is O=C(C1CCNC1)N1CCC(F)(F)C1. The van der Waals surface area contributed by atoms with Crippen molar-refractivity contribution in [3.8, 4) is 0 Å². The second-order valence-electron chi connectivity index (χ2n) is 4.06. The Morgan fingerprint density at radius 1 is 1.50 bits per heavy atom. The topological polar surface area (TPSA) is 32.3 Å². The van der Waals surface area contributed by atoms with Gasteiger partial charge in [0.25, 0.3) is 5.92 Å². The second kappa shape index (κ2) is 3.46. The lowest BCUT2D eigenvalue weighted by atomic mass is 10.1. The van der Waals surface area contributed by atoms with Crippen LogP contribution >= 0.6 is 0 Å². The molecule has 80 valence electrons. The number of hydrogen-bond acceptors (Lipinski definition) is 2. The largest absolute Gasteiger partial charge is 0.336 e. The molecule has 2 heterocycles. The maximum absolute atomic E-state index is 12.8. The number of alkyl halides is 2. The van der Waals surface area contributed by atoms with Crippen molar-refractivity contribution in [1.29, 1.82) is 0 Å². The van der Waals surface area contributed by atoms with Crippen molar-refractivity contribution in [2.75, 3.05) is 26.2 Å². The summed E-state index contributed by atoms with van der Waals surface area (Å²) in [5.41, 5.74) is 0. The van der Waals surface area contributed by atoms with E-state index in [1.807, 2.05) is 0 Å². The number of amides is 1. The monoisotopic (exact) mass is 204 g/mol. The van der Waals surface area contributed by atoms with Gasteiger partial charge in [0, 0.05) is 19.5 Å². The van der Waals surface area contributed by atoms with Gasteiger partial charge in [-0.3, -0.25) is 4.79 Å². The molecule has 3 nitrogen and oxygen atoms in total. The van der Waals surface area contributed by atoms with Crippen molar-refractivity contribution in [2.45, 2.75) is 18.8 Å². The normalized spacial score (nSPS) is 31.0. The lowest BCUT2D eigenvalue weighted by molar-refractivity contribution is -0.135. The number of nitrogens with one attached hydrogen (secondary N) is 1. The van der Waals surface area contributed by atoms with Crippen LogP contribution in [0.2, 0.25) is 0 Å². The average molecular weight is 204 g/mol. The minimum absolute atomic E-state index is 0.0797. The first-order valence-electron chi connectivity index (χ1n) is 4.96. The van der Waals surface area contributed by atoms with Crippen LogP contribution in [0.15, 0.2) is 0 Å². The van der Waals surface area contributed by atoms with Crippen LogP contribution in [0, 0.1) is 5.92 Å². The highest BCUT2D eigenvalue weighted by molar-refractivity contribution is 5.79. The van der Waals surface area contributed by atoms with Crippen LogP contribution < -0.4 is 5.32 Å². The summed E-state index contributed by atoms with van der Waals surface area (Å²) in [6.07, 6.45) is 0.597. The van der Waals surface area contributed by atoms with Gasteiger partial charge in [0.15, 0.2) is 0 Å². The van der Waals surface area contributed by atoms with Crippen molar-refractivity contribution in [3.05, 3.63) is 0 Å². The van der Waals surface area contributed by atoms with Crippen LogP contribution in [-0.4, -0.2) is 42.9 Å². The Morgan fingerprint density at radius 3 is 2.79 bits per heavy atom. The van der Waals surface area contributed by atoms with E-state index in [0.717, 1.165) is 13.0 Å². The summed E-state index contributed by atoms with van der Waals surface area (Å²) in [5.74, 6) is -2.85. The molecule has 2 aliphatic rings. The van der Waals surface area contributed by atoms with Gasteiger partial charge in [0.05, 0.1) is 12.5 Å². The maximum atomic E-state index is 12.8.